The van der Waals surface area contributed by atoms with Crippen LogP contribution >= 0.6 is 0 Å². The fourth-order valence-electron chi connectivity index (χ4n) is 3.07. The van der Waals surface area contributed by atoms with Gasteiger partial charge in [0.05, 0.1) is 16.1 Å². The SMILES string of the molecule is CC1(C)C=CC(C)(C)CS(=O)(=NC(=O)CCC(=O)ON2C(=O)CCC2=O)C1. The molecule has 0 unspecified atom stereocenters. The summed E-state index contributed by atoms with van der Waals surface area (Å²) >= 11 is 0. The third-order valence-corrected chi connectivity index (χ3v) is 7.12. The second-order valence-electron chi connectivity index (χ2n) is 8.40. The van der Waals surface area contributed by atoms with Gasteiger partial charge in [-0.15, -0.1) is 5.06 Å². The molecular formula is C18H26N2O6S. The van der Waals surface area contributed by atoms with Crippen LogP contribution in [0.15, 0.2) is 16.5 Å². The van der Waals surface area contributed by atoms with Crippen molar-refractivity contribution in [3.8, 4) is 0 Å². The number of carbonyl (C=O) groups is 4. The minimum absolute atomic E-state index is 0.00203. The van der Waals surface area contributed by atoms with Crippen LogP contribution in [0.1, 0.15) is 53.4 Å². The molecule has 1 saturated heterocycles. The van der Waals surface area contributed by atoms with Gasteiger partial charge in [-0.25, -0.2) is 9.00 Å². The normalized spacial score (nSPS) is 23.0. The molecule has 8 nitrogen and oxygen atoms in total. The van der Waals surface area contributed by atoms with Gasteiger partial charge in [0.1, 0.15) is 0 Å². The van der Waals surface area contributed by atoms with Crippen molar-refractivity contribution >= 4 is 33.4 Å². The second kappa shape index (κ2) is 7.53. The number of imide groups is 1. The maximum atomic E-state index is 13.2. The van der Waals surface area contributed by atoms with E-state index in [0.29, 0.717) is 5.06 Å². The van der Waals surface area contributed by atoms with Crippen molar-refractivity contribution in [2.75, 3.05) is 11.5 Å². The van der Waals surface area contributed by atoms with Gasteiger partial charge in [-0.1, -0.05) is 39.8 Å². The first-order chi connectivity index (χ1) is 12.3. The molecule has 3 amide bonds. The number of allylic oxidation sites excluding steroid dienone is 2. The minimum atomic E-state index is -2.79. The highest BCUT2D eigenvalue weighted by Gasteiger charge is 2.34. The smallest absolute Gasteiger partial charge is 0.330 e. The Bertz CT molecular complexity index is 776. The Kier molecular flexibility index (Phi) is 5.94. The molecule has 0 aromatic rings. The van der Waals surface area contributed by atoms with Crippen molar-refractivity contribution in [3.05, 3.63) is 12.2 Å². The lowest BCUT2D eigenvalue weighted by atomic mass is 9.89. The number of nitrogens with zero attached hydrogens (tertiary/aromatic N) is 2. The van der Waals surface area contributed by atoms with Crippen molar-refractivity contribution in [1.82, 2.24) is 5.06 Å². The zero-order valence-electron chi connectivity index (χ0n) is 16.1. The highest BCUT2D eigenvalue weighted by molar-refractivity contribution is 7.94. The molecule has 0 N–H and O–H groups in total. The Hall–Kier alpha value is -2.03. The average molecular weight is 398 g/mol. The van der Waals surface area contributed by atoms with Gasteiger partial charge >= 0.3 is 5.97 Å². The van der Waals surface area contributed by atoms with Gasteiger partial charge in [0, 0.05) is 30.8 Å². The number of hydrogen-bond acceptors (Lipinski definition) is 6. The van der Waals surface area contributed by atoms with Crippen molar-refractivity contribution in [3.63, 3.8) is 0 Å². The number of amides is 3. The first kappa shape index (κ1) is 21.3. The van der Waals surface area contributed by atoms with Gasteiger partial charge in [-0.05, 0) is 10.8 Å². The van der Waals surface area contributed by atoms with Crippen molar-refractivity contribution < 1.29 is 28.2 Å². The van der Waals surface area contributed by atoms with Gasteiger partial charge in [-0.2, -0.15) is 4.36 Å². The third kappa shape index (κ3) is 5.98. The molecule has 2 rings (SSSR count). The zero-order valence-corrected chi connectivity index (χ0v) is 17.0. The molecule has 9 heteroatoms. The van der Waals surface area contributed by atoms with Crippen molar-refractivity contribution in [2.45, 2.75) is 53.4 Å². The van der Waals surface area contributed by atoms with Crippen LogP contribution in [-0.2, 0) is 33.7 Å². The molecule has 2 heterocycles. The van der Waals surface area contributed by atoms with Crippen LogP contribution in [0.5, 0.6) is 0 Å². The molecule has 0 aromatic heterocycles. The molecule has 0 spiro atoms. The monoisotopic (exact) mass is 398 g/mol. The minimum Gasteiger partial charge on any atom is -0.330 e. The first-order valence-electron chi connectivity index (χ1n) is 8.83. The highest BCUT2D eigenvalue weighted by Crippen LogP contribution is 2.33. The molecule has 2 aliphatic heterocycles. The Balaban J connectivity index is 2.01. The van der Waals surface area contributed by atoms with Crippen molar-refractivity contribution in [1.29, 1.82) is 0 Å². The molecule has 0 aliphatic carbocycles. The molecule has 150 valence electrons. The summed E-state index contributed by atoms with van der Waals surface area (Å²) in [5, 5.41) is 0.437. The maximum absolute atomic E-state index is 13.2. The van der Waals surface area contributed by atoms with Crippen LogP contribution in [0.4, 0.5) is 0 Å². The van der Waals surface area contributed by atoms with E-state index < -0.39 is 33.4 Å². The average Bonchev–Trinajstić information content (AvgIpc) is 2.77. The van der Waals surface area contributed by atoms with Crippen LogP contribution < -0.4 is 0 Å². The number of hydroxylamine groups is 2. The standard InChI is InChI=1S/C18H26N2O6S/c1-17(2)9-10-18(3,4)12-27(25,11-17)19-13(21)5-8-16(24)26-20-14(22)6-7-15(20)23/h9-10H,5-8,11-12H2,1-4H3. The predicted molar refractivity (Wildman–Crippen MR) is 98.4 cm³/mol. The molecule has 2 aliphatic rings. The fraction of sp³-hybridized carbons (Fsp3) is 0.667. The van der Waals surface area contributed by atoms with E-state index in [1.807, 2.05) is 39.8 Å². The maximum Gasteiger partial charge on any atom is 0.333 e. The first-order valence-corrected chi connectivity index (χ1v) is 10.7. The van der Waals surface area contributed by atoms with E-state index in [2.05, 4.69) is 4.36 Å². The fourth-order valence-corrected chi connectivity index (χ4v) is 6.28. The Morgan fingerprint density at radius 3 is 2.00 bits per heavy atom. The largest absolute Gasteiger partial charge is 0.333 e. The molecule has 0 radical (unpaired) electrons. The van der Waals surface area contributed by atoms with Gasteiger partial charge in [0.25, 0.3) is 17.7 Å². The molecule has 0 atom stereocenters. The predicted octanol–water partition coefficient (Wildman–Crippen LogP) is 1.99. The van der Waals surface area contributed by atoms with E-state index in [1.165, 1.54) is 0 Å². The molecule has 0 bridgehead atoms. The van der Waals surface area contributed by atoms with Crippen LogP contribution in [0.3, 0.4) is 0 Å². The lowest BCUT2D eigenvalue weighted by molar-refractivity contribution is -0.197. The van der Waals surface area contributed by atoms with Gasteiger partial charge in [0.15, 0.2) is 0 Å². The highest BCUT2D eigenvalue weighted by atomic mass is 32.2. The molecule has 1 fully saturated rings. The molecule has 27 heavy (non-hydrogen) atoms. The summed E-state index contributed by atoms with van der Waals surface area (Å²) in [6.45, 7) is 7.75. The van der Waals surface area contributed by atoms with E-state index in [-0.39, 0.29) is 48.0 Å². The second-order valence-corrected chi connectivity index (χ2v) is 10.7. The van der Waals surface area contributed by atoms with Crippen molar-refractivity contribution in [2.24, 2.45) is 15.2 Å². The summed E-state index contributed by atoms with van der Waals surface area (Å²) < 4.78 is 17.2. The number of carbonyl (C=O) groups excluding carboxylic acids is 4. The van der Waals surface area contributed by atoms with E-state index in [0.717, 1.165) is 0 Å². The van der Waals surface area contributed by atoms with E-state index in [4.69, 9.17) is 4.84 Å². The van der Waals surface area contributed by atoms with Gasteiger partial charge in [0.2, 0.25) is 0 Å². The number of rotatable bonds is 4. The summed E-state index contributed by atoms with van der Waals surface area (Å²) in [5.74, 6) is -2.17. The molecule has 0 aromatic carbocycles. The van der Waals surface area contributed by atoms with Crippen LogP contribution in [0.2, 0.25) is 0 Å². The van der Waals surface area contributed by atoms with Gasteiger partial charge < -0.3 is 4.84 Å². The van der Waals surface area contributed by atoms with Crippen LogP contribution in [0, 0.1) is 10.8 Å². The summed E-state index contributed by atoms with van der Waals surface area (Å²) in [6.07, 6.45) is 3.37. The summed E-state index contributed by atoms with van der Waals surface area (Å²) in [4.78, 5) is 51.5. The Morgan fingerprint density at radius 1 is 1.04 bits per heavy atom. The zero-order chi connectivity index (χ0) is 20.5. The summed E-state index contributed by atoms with van der Waals surface area (Å²) in [5.41, 5.74) is -0.714. The molecular weight excluding hydrogens is 372 g/mol. The van der Waals surface area contributed by atoms with E-state index >= 15 is 0 Å². The van der Waals surface area contributed by atoms with E-state index in [9.17, 15) is 23.4 Å². The van der Waals surface area contributed by atoms with Gasteiger partial charge in [-0.3, -0.25) is 14.4 Å². The summed E-state index contributed by atoms with van der Waals surface area (Å²) in [7, 11) is -2.79. The topological polar surface area (TPSA) is 110 Å². The van der Waals surface area contributed by atoms with Crippen LogP contribution in [-0.4, -0.2) is 44.5 Å². The lowest BCUT2D eigenvalue weighted by Gasteiger charge is -2.22. The quantitative estimate of drug-likeness (QED) is 0.529. The van der Waals surface area contributed by atoms with Crippen LogP contribution in [0.25, 0.3) is 0 Å². The van der Waals surface area contributed by atoms with E-state index in [1.54, 1.807) is 0 Å². The Labute approximate surface area is 159 Å². The third-order valence-electron chi connectivity index (χ3n) is 4.19. The lowest BCUT2D eigenvalue weighted by Crippen LogP contribution is -2.32. The molecule has 0 saturated carbocycles. The Morgan fingerprint density at radius 2 is 1.52 bits per heavy atom. The summed E-state index contributed by atoms with van der Waals surface area (Å²) in [6, 6.07) is 0. The number of hydrogen-bond donors (Lipinski definition) is 0.